The molecule has 0 saturated carbocycles. The third-order valence-corrected chi connectivity index (χ3v) is 5.74. The molecule has 0 radical (unpaired) electrons. The van der Waals surface area contributed by atoms with E-state index in [1.54, 1.807) is 0 Å². The number of hydrogen-bond acceptors (Lipinski definition) is 3. The summed E-state index contributed by atoms with van der Waals surface area (Å²) in [5.74, 6) is 0.834. The van der Waals surface area contributed by atoms with Crippen molar-refractivity contribution in [3.63, 3.8) is 0 Å². The van der Waals surface area contributed by atoms with Gasteiger partial charge in [-0.15, -0.1) is 0 Å². The summed E-state index contributed by atoms with van der Waals surface area (Å²) in [5.41, 5.74) is 4.31. The molecule has 1 aliphatic rings. The molecule has 30 heavy (non-hydrogen) atoms. The number of nitrogens with zero attached hydrogens (tertiary/aromatic N) is 2. The Hall–Kier alpha value is -2.79. The highest BCUT2D eigenvalue weighted by Gasteiger charge is 2.41. The van der Waals surface area contributed by atoms with Crippen molar-refractivity contribution in [2.45, 2.75) is 39.2 Å². The van der Waals surface area contributed by atoms with Crippen LogP contribution in [0.2, 0.25) is 5.02 Å². The molecule has 2 heterocycles. The number of hydrogen-bond donors (Lipinski definition) is 1. The first kappa shape index (κ1) is 20.5. The minimum Gasteiger partial charge on any atom is -0.494 e. The van der Waals surface area contributed by atoms with E-state index < -0.39 is 0 Å². The number of carbonyl (C=O) groups is 1. The SMILES string of the molecule is CCCCCN1C(=O)c2[nH]nc(-c3ccc(Cl)cc3)c2C1c1ccc(OCC)cc1. The highest BCUT2D eigenvalue weighted by molar-refractivity contribution is 6.30. The van der Waals surface area contributed by atoms with Crippen molar-refractivity contribution in [2.75, 3.05) is 13.2 Å². The normalized spacial score (nSPS) is 15.5. The molecule has 0 spiro atoms. The molecule has 0 saturated heterocycles. The van der Waals surface area contributed by atoms with Crippen LogP contribution in [0.4, 0.5) is 0 Å². The van der Waals surface area contributed by atoms with Gasteiger partial charge in [0.2, 0.25) is 0 Å². The molecule has 0 fully saturated rings. The topological polar surface area (TPSA) is 58.2 Å². The predicted octanol–water partition coefficient (Wildman–Crippen LogP) is 5.86. The standard InChI is InChI=1S/C24H26ClN3O2/c1-3-5-6-15-28-23(17-9-13-19(14-10-17)30-4-2)20-21(26-27-22(20)24(28)29)16-7-11-18(25)12-8-16/h7-14,23H,3-6,15H2,1-2H3,(H,26,27). The molecule has 156 valence electrons. The molecule has 4 rings (SSSR count). The monoisotopic (exact) mass is 423 g/mol. The van der Waals surface area contributed by atoms with E-state index in [0.29, 0.717) is 23.9 Å². The molecule has 5 nitrogen and oxygen atoms in total. The van der Waals surface area contributed by atoms with Crippen molar-refractivity contribution in [1.29, 1.82) is 0 Å². The van der Waals surface area contributed by atoms with Crippen LogP contribution in [0.25, 0.3) is 11.3 Å². The maximum absolute atomic E-state index is 13.3. The van der Waals surface area contributed by atoms with Gasteiger partial charge in [0.1, 0.15) is 11.4 Å². The van der Waals surface area contributed by atoms with Crippen LogP contribution in [0.3, 0.4) is 0 Å². The second kappa shape index (κ2) is 8.92. The Kier molecular flexibility index (Phi) is 6.09. The fourth-order valence-electron chi connectivity index (χ4n) is 4.05. The van der Waals surface area contributed by atoms with Gasteiger partial charge in [-0.3, -0.25) is 9.89 Å². The van der Waals surface area contributed by atoms with Crippen LogP contribution in [0, 0.1) is 0 Å². The van der Waals surface area contributed by atoms with Gasteiger partial charge in [0.05, 0.1) is 18.3 Å². The first-order chi connectivity index (χ1) is 14.6. The molecule has 6 heteroatoms. The Morgan fingerprint density at radius 3 is 2.47 bits per heavy atom. The fourth-order valence-corrected chi connectivity index (χ4v) is 4.17. The molecule has 1 aromatic heterocycles. The number of ether oxygens (including phenoxy) is 1. The number of aromatic nitrogens is 2. The van der Waals surface area contributed by atoms with Gasteiger partial charge in [0.15, 0.2) is 0 Å². The van der Waals surface area contributed by atoms with E-state index in [-0.39, 0.29) is 11.9 Å². The number of nitrogens with one attached hydrogen (secondary N) is 1. The minimum absolute atomic E-state index is 0.00713. The van der Waals surface area contributed by atoms with Gasteiger partial charge < -0.3 is 9.64 Å². The van der Waals surface area contributed by atoms with Gasteiger partial charge in [0.25, 0.3) is 5.91 Å². The van der Waals surface area contributed by atoms with Gasteiger partial charge in [-0.25, -0.2) is 0 Å². The molecule has 1 amide bonds. The Morgan fingerprint density at radius 2 is 1.80 bits per heavy atom. The summed E-state index contributed by atoms with van der Waals surface area (Å²) in [6, 6.07) is 15.4. The number of halogens is 1. The predicted molar refractivity (Wildman–Crippen MR) is 119 cm³/mol. The lowest BCUT2D eigenvalue weighted by molar-refractivity contribution is 0.0740. The van der Waals surface area contributed by atoms with Crippen molar-refractivity contribution < 1.29 is 9.53 Å². The molecule has 1 unspecified atom stereocenters. The number of carbonyl (C=O) groups excluding carboxylic acids is 1. The highest BCUT2D eigenvalue weighted by Crippen LogP contribution is 2.43. The summed E-state index contributed by atoms with van der Waals surface area (Å²) in [6.45, 7) is 5.47. The Balaban J connectivity index is 1.77. The Bertz CT molecular complexity index is 1010. The number of unbranched alkanes of at least 4 members (excludes halogenated alkanes) is 2. The zero-order valence-corrected chi connectivity index (χ0v) is 18.1. The highest BCUT2D eigenvalue weighted by atomic mass is 35.5. The average Bonchev–Trinajstić information content (AvgIpc) is 3.29. The summed E-state index contributed by atoms with van der Waals surface area (Å²) >= 11 is 6.07. The van der Waals surface area contributed by atoms with Crippen LogP contribution in [0.1, 0.15) is 60.8 Å². The fraction of sp³-hybridized carbons (Fsp3) is 0.333. The Labute approximate surface area is 182 Å². The average molecular weight is 424 g/mol. The van der Waals surface area contributed by atoms with E-state index in [4.69, 9.17) is 16.3 Å². The zero-order chi connectivity index (χ0) is 21.1. The lowest BCUT2D eigenvalue weighted by Gasteiger charge is -2.26. The minimum atomic E-state index is -0.176. The van der Waals surface area contributed by atoms with Crippen LogP contribution >= 0.6 is 11.6 Å². The quantitative estimate of drug-likeness (QED) is 0.461. The summed E-state index contributed by atoms with van der Waals surface area (Å²) in [7, 11) is 0. The molecule has 3 aromatic rings. The maximum atomic E-state index is 13.3. The third kappa shape index (κ3) is 3.82. The summed E-state index contributed by atoms with van der Waals surface area (Å²) in [5, 5.41) is 8.18. The van der Waals surface area contributed by atoms with Crippen LogP contribution in [0.5, 0.6) is 5.75 Å². The maximum Gasteiger partial charge on any atom is 0.273 e. The smallest absolute Gasteiger partial charge is 0.273 e. The number of rotatable bonds is 8. The summed E-state index contributed by atoms with van der Waals surface area (Å²) < 4.78 is 5.60. The zero-order valence-electron chi connectivity index (χ0n) is 17.3. The third-order valence-electron chi connectivity index (χ3n) is 5.49. The van der Waals surface area contributed by atoms with Crippen LogP contribution in [-0.4, -0.2) is 34.2 Å². The first-order valence-corrected chi connectivity index (χ1v) is 10.9. The van der Waals surface area contributed by atoms with Crippen LogP contribution in [0.15, 0.2) is 48.5 Å². The molecule has 0 bridgehead atoms. The summed E-state index contributed by atoms with van der Waals surface area (Å²) in [6.07, 6.45) is 3.18. The molecule has 1 aliphatic heterocycles. The first-order valence-electron chi connectivity index (χ1n) is 10.5. The van der Waals surface area contributed by atoms with Gasteiger partial charge >= 0.3 is 0 Å². The molecular weight excluding hydrogens is 398 g/mol. The molecular formula is C24H26ClN3O2. The number of fused-ring (bicyclic) bond motifs is 1. The van der Waals surface area contributed by atoms with Crippen molar-refractivity contribution in [3.8, 4) is 17.0 Å². The van der Waals surface area contributed by atoms with Crippen molar-refractivity contribution in [1.82, 2.24) is 15.1 Å². The van der Waals surface area contributed by atoms with Gasteiger partial charge in [0, 0.05) is 22.7 Å². The number of amides is 1. The van der Waals surface area contributed by atoms with Crippen molar-refractivity contribution in [2.24, 2.45) is 0 Å². The number of H-pyrrole nitrogens is 1. The molecule has 0 aliphatic carbocycles. The van der Waals surface area contributed by atoms with E-state index in [1.807, 2.05) is 60.4 Å². The molecule has 1 N–H and O–H groups in total. The van der Waals surface area contributed by atoms with Crippen LogP contribution in [-0.2, 0) is 0 Å². The van der Waals surface area contributed by atoms with E-state index >= 15 is 0 Å². The van der Waals surface area contributed by atoms with E-state index in [1.165, 1.54) is 0 Å². The molecule has 1 atom stereocenters. The lowest BCUT2D eigenvalue weighted by Crippen LogP contribution is -2.30. The van der Waals surface area contributed by atoms with E-state index in [9.17, 15) is 4.79 Å². The molecule has 2 aromatic carbocycles. The van der Waals surface area contributed by atoms with Gasteiger partial charge in [-0.2, -0.15) is 5.10 Å². The van der Waals surface area contributed by atoms with Crippen LogP contribution < -0.4 is 4.74 Å². The van der Waals surface area contributed by atoms with E-state index in [2.05, 4.69) is 17.1 Å². The van der Waals surface area contributed by atoms with Crippen molar-refractivity contribution >= 4 is 17.5 Å². The largest absolute Gasteiger partial charge is 0.494 e. The number of benzene rings is 2. The van der Waals surface area contributed by atoms with E-state index in [0.717, 1.165) is 47.4 Å². The van der Waals surface area contributed by atoms with Crippen molar-refractivity contribution in [3.05, 3.63) is 70.4 Å². The number of aromatic amines is 1. The second-order valence-electron chi connectivity index (χ2n) is 7.48. The second-order valence-corrected chi connectivity index (χ2v) is 7.91. The lowest BCUT2D eigenvalue weighted by atomic mass is 9.96. The Morgan fingerprint density at radius 1 is 1.07 bits per heavy atom. The van der Waals surface area contributed by atoms with Gasteiger partial charge in [-0.1, -0.05) is 55.6 Å². The summed E-state index contributed by atoms with van der Waals surface area (Å²) in [4.78, 5) is 15.2. The van der Waals surface area contributed by atoms with Gasteiger partial charge in [-0.05, 0) is 43.2 Å².